The molecule has 1 amide bonds. The SMILES string of the molecule is CCNc1cncc(N2CCC(C)(C(N)=O)C2)n1. The fraction of sp³-hybridized carbons (Fsp3) is 0.583. The zero-order chi connectivity index (χ0) is 13.2. The van der Waals surface area contributed by atoms with Gasteiger partial charge in [-0.25, -0.2) is 4.98 Å². The van der Waals surface area contributed by atoms with Crippen molar-refractivity contribution in [3.05, 3.63) is 12.4 Å². The van der Waals surface area contributed by atoms with E-state index in [2.05, 4.69) is 20.2 Å². The van der Waals surface area contributed by atoms with Crippen LogP contribution in [0.2, 0.25) is 0 Å². The topological polar surface area (TPSA) is 84.1 Å². The van der Waals surface area contributed by atoms with Crippen LogP contribution in [-0.4, -0.2) is 35.5 Å². The van der Waals surface area contributed by atoms with E-state index in [1.54, 1.807) is 12.4 Å². The molecule has 0 saturated carbocycles. The molecular formula is C12H19N5O. The molecule has 6 nitrogen and oxygen atoms in total. The van der Waals surface area contributed by atoms with Gasteiger partial charge in [0.15, 0.2) is 0 Å². The van der Waals surface area contributed by atoms with Crippen LogP contribution < -0.4 is 16.0 Å². The first-order valence-corrected chi connectivity index (χ1v) is 6.16. The van der Waals surface area contributed by atoms with Crippen LogP contribution in [0.3, 0.4) is 0 Å². The molecule has 1 aliphatic heterocycles. The maximum atomic E-state index is 11.4. The van der Waals surface area contributed by atoms with Crippen molar-refractivity contribution >= 4 is 17.5 Å². The normalized spacial score (nSPS) is 23.1. The highest BCUT2D eigenvalue weighted by molar-refractivity contribution is 5.82. The van der Waals surface area contributed by atoms with E-state index in [1.807, 2.05) is 13.8 Å². The van der Waals surface area contributed by atoms with Gasteiger partial charge >= 0.3 is 0 Å². The predicted molar refractivity (Wildman–Crippen MR) is 70.3 cm³/mol. The standard InChI is InChI=1S/C12H19N5O/c1-3-15-9-6-14-7-10(16-9)17-5-4-12(2,8-17)11(13)18/h6-7H,3-5,8H2,1-2H3,(H2,13,18)(H,15,16). The van der Waals surface area contributed by atoms with Gasteiger partial charge in [0.25, 0.3) is 0 Å². The van der Waals surface area contributed by atoms with Crippen LogP contribution in [0.15, 0.2) is 12.4 Å². The van der Waals surface area contributed by atoms with Crippen LogP contribution in [0.1, 0.15) is 20.3 Å². The third-order valence-electron chi connectivity index (χ3n) is 3.37. The van der Waals surface area contributed by atoms with Gasteiger partial charge in [0.1, 0.15) is 11.6 Å². The lowest BCUT2D eigenvalue weighted by molar-refractivity contribution is -0.125. The maximum Gasteiger partial charge on any atom is 0.225 e. The fourth-order valence-corrected chi connectivity index (χ4v) is 2.13. The number of anilines is 2. The quantitative estimate of drug-likeness (QED) is 0.816. The lowest BCUT2D eigenvalue weighted by atomic mass is 9.89. The Morgan fingerprint density at radius 3 is 3.00 bits per heavy atom. The first-order valence-electron chi connectivity index (χ1n) is 6.16. The number of nitrogens with two attached hydrogens (primary N) is 1. The smallest absolute Gasteiger partial charge is 0.225 e. The number of nitrogens with zero attached hydrogens (tertiary/aromatic N) is 3. The Morgan fingerprint density at radius 2 is 2.39 bits per heavy atom. The van der Waals surface area contributed by atoms with Crippen LogP contribution in [0.25, 0.3) is 0 Å². The van der Waals surface area contributed by atoms with Crippen LogP contribution in [0.4, 0.5) is 11.6 Å². The van der Waals surface area contributed by atoms with Gasteiger partial charge in [-0.2, -0.15) is 0 Å². The van der Waals surface area contributed by atoms with Crippen molar-refractivity contribution in [3.63, 3.8) is 0 Å². The molecule has 0 spiro atoms. The van der Waals surface area contributed by atoms with Crippen LogP contribution in [-0.2, 0) is 4.79 Å². The van der Waals surface area contributed by atoms with Gasteiger partial charge in [-0.1, -0.05) is 0 Å². The Hall–Kier alpha value is -1.85. The second-order valence-corrected chi connectivity index (χ2v) is 4.89. The minimum Gasteiger partial charge on any atom is -0.369 e. The number of hydrogen-bond donors (Lipinski definition) is 2. The molecule has 0 aromatic carbocycles. The lowest BCUT2D eigenvalue weighted by Gasteiger charge is -2.21. The summed E-state index contributed by atoms with van der Waals surface area (Å²) in [6.45, 7) is 6.10. The Kier molecular flexibility index (Phi) is 3.36. The van der Waals surface area contributed by atoms with Gasteiger partial charge in [0, 0.05) is 19.6 Å². The van der Waals surface area contributed by atoms with Crippen molar-refractivity contribution in [3.8, 4) is 0 Å². The van der Waals surface area contributed by atoms with E-state index >= 15 is 0 Å². The van der Waals surface area contributed by atoms with Crippen molar-refractivity contribution in [1.29, 1.82) is 0 Å². The second-order valence-electron chi connectivity index (χ2n) is 4.89. The van der Waals surface area contributed by atoms with Crippen LogP contribution in [0.5, 0.6) is 0 Å². The summed E-state index contributed by atoms with van der Waals surface area (Å²) in [4.78, 5) is 22.1. The molecule has 1 saturated heterocycles. The second kappa shape index (κ2) is 4.80. The van der Waals surface area contributed by atoms with Gasteiger partial charge in [-0.15, -0.1) is 0 Å². The maximum absolute atomic E-state index is 11.4. The highest BCUT2D eigenvalue weighted by Crippen LogP contribution is 2.32. The van der Waals surface area contributed by atoms with Crippen molar-refractivity contribution in [2.45, 2.75) is 20.3 Å². The summed E-state index contributed by atoms with van der Waals surface area (Å²) in [5.41, 5.74) is 4.97. The number of hydrogen-bond acceptors (Lipinski definition) is 5. The van der Waals surface area contributed by atoms with Crippen molar-refractivity contribution in [2.75, 3.05) is 29.9 Å². The van der Waals surface area contributed by atoms with E-state index in [0.29, 0.717) is 6.54 Å². The largest absolute Gasteiger partial charge is 0.369 e. The Bertz CT molecular complexity index is 450. The summed E-state index contributed by atoms with van der Waals surface area (Å²) in [5.74, 6) is 1.29. The minimum absolute atomic E-state index is 0.249. The first-order chi connectivity index (χ1) is 8.55. The van der Waals surface area contributed by atoms with Gasteiger partial charge < -0.3 is 16.0 Å². The number of nitrogens with one attached hydrogen (secondary N) is 1. The van der Waals surface area contributed by atoms with E-state index in [9.17, 15) is 4.79 Å². The molecule has 1 unspecified atom stereocenters. The molecule has 1 aromatic rings. The number of aromatic nitrogens is 2. The van der Waals surface area contributed by atoms with Gasteiger partial charge in [-0.3, -0.25) is 9.78 Å². The third-order valence-corrected chi connectivity index (χ3v) is 3.37. The van der Waals surface area contributed by atoms with E-state index in [1.165, 1.54) is 0 Å². The third kappa shape index (κ3) is 2.37. The predicted octanol–water partition coefficient (Wildman–Crippen LogP) is 0.610. The summed E-state index contributed by atoms with van der Waals surface area (Å²) in [6.07, 6.45) is 4.17. The van der Waals surface area contributed by atoms with Crippen molar-refractivity contribution in [2.24, 2.45) is 11.1 Å². The Balaban J connectivity index is 2.14. The molecule has 98 valence electrons. The average molecular weight is 249 g/mol. The minimum atomic E-state index is -0.462. The summed E-state index contributed by atoms with van der Waals surface area (Å²) in [7, 11) is 0. The van der Waals surface area contributed by atoms with E-state index in [-0.39, 0.29) is 5.91 Å². The number of amides is 1. The van der Waals surface area contributed by atoms with Crippen molar-refractivity contribution < 1.29 is 4.79 Å². The molecule has 0 bridgehead atoms. The molecule has 0 aliphatic carbocycles. The first kappa shape index (κ1) is 12.6. The van der Waals surface area contributed by atoms with Gasteiger partial charge in [0.05, 0.1) is 17.8 Å². The number of carbonyl (C=O) groups is 1. The summed E-state index contributed by atoms with van der Waals surface area (Å²) in [5, 5.41) is 3.12. The van der Waals surface area contributed by atoms with Crippen LogP contribution >= 0.6 is 0 Å². The molecule has 2 rings (SSSR count). The molecule has 6 heteroatoms. The summed E-state index contributed by atoms with van der Waals surface area (Å²) >= 11 is 0. The van der Waals surface area contributed by atoms with Crippen molar-refractivity contribution in [1.82, 2.24) is 9.97 Å². The molecular weight excluding hydrogens is 230 g/mol. The molecule has 1 atom stereocenters. The van der Waals surface area contributed by atoms with Gasteiger partial charge in [-0.05, 0) is 20.3 Å². The Labute approximate surface area is 107 Å². The Morgan fingerprint density at radius 1 is 1.61 bits per heavy atom. The van der Waals surface area contributed by atoms with Gasteiger partial charge in [0.2, 0.25) is 5.91 Å². The van der Waals surface area contributed by atoms with Crippen LogP contribution in [0, 0.1) is 5.41 Å². The zero-order valence-corrected chi connectivity index (χ0v) is 10.8. The summed E-state index contributed by atoms with van der Waals surface area (Å²) in [6, 6.07) is 0. The average Bonchev–Trinajstić information content (AvgIpc) is 2.74. The monoisotopic (exact) mass is 249 g/mol. The molecule has 18 heavy (non-hydrogen) atoms. The summed E-state index contributed by atoms with van der Waals surface area (Å²) < 4.78 is 0. The lowest BCUT2D eigenvalue weighted by Crippen LogP contribution is -2.37. The molecule has 1 aromatic heterocycles. The van der Waals surface area contributed by atoms with E-state index < -0.39 is 5.41 Å². The number of primary amides is 1. The number of carbonyl (C=O) groups excluding carboxylic acids is 1. The zero-order valence-electron chi connectivity index (χ0n) is 10.8. The number of rotatable bonds is 4. The molecule has 3 N–H and O–H groups in total. The van der Waals surface area contributed by atoms with E-state index in [4.69, 9.17) is 5.73 Å². The fourth-order valence-electron chi connectivity index (χ4n) is 2.13. The molecule has 1 fully saturated rings. The highest BCUT2D eigenvalue weighted by atomic mass is 16.1. The molecule has 1 aliphatic rings. The highest BCUT2D eigenvalue weighted by Gasteiger charge is 2.39. The van der Waals surface area contributed by atoms with E-state index in [0.717, 1.165) is 31.1 Å². The molecule has 2 heterocycles. The molecule has 0 radical (unpaired) electrons.